The van der Waals surface area contributed by atoms with Crippen LogP contribution in [0.3, 0.4) is 0 Å². The molecule has 1 amide bonds. The quantitative estimate of drug-likeness (QED) is 0.876. The van der Waals surface area contributed by atoms with E-state index in [0.29, 0.717) is 18.1 Å². The average Bonchev–Trinajstić information content (AvgIpc) is 2.49. The molecule has 0 spiro atoms. The molecule has 0 bridgehead atoms. The van der Waals surface area contributed by atoms with Gasteiger partial charge in [-0.15, -0.1) is 0 Å². The van der Waals surface area contributed by atoms with E-state index in [1.54, 1.807) is 12.1 Å². The van der Waals surface area contributed by atoms with Crippen molar-refractivity contribution in [3.63, 3.8) is 0 Å². The summed E-state index contributed by atoms with van der Waals surface area (Å²) >= 11 is 0. The van der Waals surface area contributed by atoms with Crippen LogP contribution in [-0.2, 0) is 0 Å². The van der Waals surface area contributed by atoms with Gasteiger partial charge in [0.05, 0.1) is 6.61 Å². The van der Waals surface area contributed by atoms with Gasteiger partial charge in [-0.1, -0.05) is 26.0 Å². The van der Waals surface area contributed by atoms with Crippen molar-refractivity contribution in [2.75, 3.05) is 11.9 Å². The van der Waals surface area contributed by atoms with Gasteiger partial charge in [0.1, 0.15) is 5.75 Å². The monoisotopic (exact) mass is 297 g/mol. The van der Waals surface area contributed by atoms with Crippen LogP contribution in [-0.4, -0.2) is 12.5 Å². The summed E-state index contributed by atoms with van der Waals surface area (Å²) in [5.74, 6) is 1.05. The number of carbonyl (C=O) groups excluding carboxylic acids is 1. The number of ether oxygens (including phenoxy) is 1. The molecular formula is C19H23NO2. The zero-order valence-electron chi connectivity index (χ0n) is 13.6. The fourth-order valence-electron chi connectivity index (χ4n) is 2.01. The Morgan fingerprint density at radius 2 is 1.86 bits per heavy atom. The minimum Gasteiger partial charge on any atom is -0.493 e. The number of amides is 1. The molecule has 1 N–H and O–H groups in total. The van der Waals surface area contributed by atoms with E-state index in [1.165, 1.54) is 5.56 Å². The normalized spacial score (nSPS) is 10.6. The van der Waals surface area contributed by atoms with Crippen molar-refractivity contribution < 1.29 is 9.53 Å². The Bertz CT molecular complexity index is 662. The van der Waals surface area contributed by atoms with Crippen LogP contribution in [0.15, 0.2) is 42.5 Å². The molecule has 2 aromatic carbocycles. The molecule has 0 saturated carbocycles. The Hall–Kier alpha value is -2.29. The number of rotatable bonds is 5. The maximum atomic E-state index is 12.3. The Labute approximate surface area is 132 Å². The second-order valence-corrected chi connectivity index (χ2v) is 5.99. The van der Waals surface area contributed by atoms with Gasteiger partial charge < -0.3 is 10.1 Å². The van der Waals surface area contributed by atoms with Gasteiger partial charge in [-0.3, -0.25) is 4.79 Å². The standard InChI is InChI=1S/C19H23NO2/c1-13(2)12-22-18-7-5-6-16(11-18)19(21)20-17-9-8-14(3)15(4)10-17/h5-11,13H,12H2,1-4H3,(H,20,21). The molecule has 2 aromatic rings. The average molecular weight is 297 g/mol. The lowest BCUT2D eigenvalue weighted by Crippen LogP contribution is -2.12. The highest BCUT2D eigenvalue weighted by atomic mass is 16.5. The molecule has 0 atom stereocenters. The molecule has 0 aromatic heterocycles. The highest BCUT2D eigenvalue weighted by molar-refractivity contribution is 6.04. The van der Waals surface area contributed by atoms with Gasteiger partial charge >= 0.3 is 0 Å². The minimum atomic E-state index is -0.127. The maximum Gasteiger partial charge on any atom is 0.255 e. The molecule has 3 nitrogen and oxygen atoms in total. The number of hydrogen-bond acceptors (Lipinski definition) is 2. The first kappa shape index (κ1) is 16.1. The first-order valence-corrected chi connectivity index (χ1v) is 7.57. The van der Waals surface area contributed by atoms with E-state index in [0.717, 1.165) is 17.0 Å². The summed E-state index contributed by atoms with van der Waals surface area (Å²) < 4.78 is 5.66. The number of aryl methyl sites for hydroxylation is 2. The molecule has 0 radical (unpaired) electrons. The molecule has 22 heavy (non-hydrogen) atoms. The summed E-state index contributed by atoms with van der Waals surface area (Å²) in [6.45, 7) is 8.91. The third-order valence-corrected chi connectivity index (χ3v) is 3.44. The third kappa shape index (κ3) is 4.35. The summed E-state index contributed by atoms with van der Waals surface area (Å²) in [5.41, 5.74) is 3.77. The van der Waals surface area contributed by atoms with Crippen molar-refractivity contribution in [3.05, 3.63) is 59.2 Å². The number of carbonyl (C=O) groups is 1. The lowest BCUT2D eigenvalue weighted by Gasteiger charge is -2.11. The first-order valence-electron chi connectivity index (χ1n) is 7.57. The Morgan fingerprint density at radius 1 is 1.09 bits per heavy atom. The van der Waals surface area contributed by atoms with Crippen molar-refractivity contribution in [3.8, 4) is 5.75 Å². The Morgan fingerprint density at radius 3 is 2.55 bits per heavy atom. The molecule has 0 heterocycles. The Kier molecular flexibility index (Phi) is 5.21. The summed E-state index contributed by atoms with van der Waals surface area (Å²) in [5, 5.41) is 2.92. The van der Waals surface area contributed by atoms with Gasteiger partial charge in [-0.25, -0.2) is 0 Å². The zero-order chi connectivity index (χ0) is 16.1. The number of anilines is 1. The topological polar surface area (TPSA) is 38.3 Å². The van der Waals surface area contributed by atoms with Gasteiger partial charge in [0.15, 0.2) is 0 Å². The molecule has 0 fully saturated rings. The number of hydrogen-bond donors (Lipinski definition) is 1. The maximum absolute atomic E-state index is 12.3. The zero-order valence-corrected chi connectivity index (χ0v) is 13.6. The molecule has 116 valence electrons. The highest BCUT2D eigenvalue weighted by Gasteiger charge is 2.08. The van der Waals surface area contributed by atoms with Crippen molar-refractivity contribution in [1.29, 1.82) is 0 Å². The predicted octanol–water partition coefficient (Wildman–Crippen LogP) is 4.59. The largest absolute Gasteiger partial charge is 0.493 e. The van der Waals surface area contributed by atoms with Crippen LogP contribution < -0.4 is 10.1 Å². The van der Waals surface area contributed by atoms with Crippen LogP contribution in [0, 0.1) is 19.8 Å². The van der Waals surface area contributed by atoms with E-state index in [1.807, 2.05) is 37.3 Å². The van der Waals surface area contributed by atoms with Gasteiger partial charge in [0.2, 0.25) is 0 Å². The van der Waals surface area contributed by atoms with Crippen LogP contribution in [0.4, 0.5) is 5.69 Å². The van der Waals surface area contributed by atoms with Gasteiger partial charge in [-0.05, 0) is 61.2 Å². The molecule has 0 aliphatic carbocycles. The smallest absolute Gasteiger partial charge is 0.255 e. The fourth-order valence-corrected chi connectivity index (χ4v) is 2.01. The van der Waals surface area contributed by atoms with Crippen molar-refractivity contribution in [2.45, 2.75) is 27.7 Å². The minimum absolute atomic E-state index is 0.127. The van der Waals surface area contributed by atoms with E-state index in [-0.39, 0.29) is 5.91 Å². The van der Waals surface area contributed by atoms with Crippen LogP contribution >= 0.6 is 0 Å². The second kappa shape index (κ2) is 7.12. The lowest BCUT2D eigenvalue weighted by atomic mass is 10.1. The summed E-state index contributed by atoms with van der Waals surface area (Å²) in [6.07, 6.45) is 0. The van der Waals surface area contributed by atoms with Gasteiger partial charge in [-0.2, -0.15) is 0 Å². The summed E-state index contributed by atoms with van der Waals surface area (Å²) in [6, 6.07) is 13.2. The Balaban J connectivity index is 2.08. The molecule has 2 rings (SSSR count). The van der Waals surface area contributed by atoms with E-state index in [2.05, 4.69) is 26.1 Å². The first-order chi connectivity index (χ1) is 10.5. The molecular weight excluding hydrogens is 274 g/mol. The van der Waals surface area contributed by atoms with E-state index in [4.69, 9.17) is 4.74 Å². The molecule has 0 aliphatic rings. The molecule has 0 saturated heterocycles. The predicted molar refractivity (Wildman–Crippen MR) is 90.6 cm³/mol. The lowest BCUT2D eigenvalue weighted by molar-refractivity contribution is 0.102. The third-order valence-electron chi connectivity index (χ3n) is 3.44. The highest BCUT2D eigenvalue weighted by Crippen LogP contribution is 2.18. The van der Waals surface area contributed by atoms with Gasteiger partial charge in [0.25, 0.3) is 5.91 Å². The van der Waals surface area contributed by atoms with E-state index < -0.39 is 0 Å². The van der Waals surface area contributed by atoms with Gasteiger partial charge in [0, 0.05) is 11.3 Å². The van der Waals surface area contributed by atoms with Crippen LogP contribution in [0.25, 0.3) is 0 Å². The van der Waals surface area contributed by atoms with Crippen molar-refractivity contribution in [1.82, 2.24) is 0 Å². The molecule has 0 unspecified atom stereocenters. The SMILES string of the molecule is Cc1ccc(NC(=O)c2cccc(OCC(C)C)c2)cc1C. The summed E-state index contributed by atoms with van der Waals surface area (Å²) in [7, 11) is 0. The fraction of sp³-hybridized carbons (Fsp3) is 0.316. The van der Waals surface area contributed by atoms with Crippen LogP contribution in [0.5, 0.6) is 5.75 Å². The van der Waals surface area contributed by atoms with E-state index in [9.17, 15) is 4.79 Å². The van der Waals surface area contributed by atoms with Crippen LogP contribution in [0.1, 0.15) is 35.3 Å². The van der Waals surface area contributed by atoms with Crippen molar-refractivity contribution >= 4 is 11.6 Å². The number of benzene rings is 2. The second-order valence-electron chi connectivity index (χ2n) is 5.99. The molecule has 3 heteroatoms. The van der Waals surface area contributed by atoms with Crippen molar-refractivity contribution in [2.24, 2.45) is 5.92 Å². The summed E-state index contributed by atoms with van der Waals surface area (Å²) in [4.78, 5) is 12.3. The van der Waals surface area contributed by atoms with E-state index >= 15 is 0 Å². The van der Waals surface area contributed by atoms with Crippen LogP contribution in [0.2, 0.25) is 0 Å². The number of nitrogens with one attached hydrogen (secondary N) is 1. The molecule has 0 aliphatic heterocycles.